The molecule has 21 heavy (non-hydrogen) atoms. The molecule has 1 amide bonds. The number of carbonyl (C=O) groups is 1. The molecule has 0 radical (unpaired) electrons. The molecule has 0 saturated heterocycles. The van der Waals surface area contributed by atoms with Crippen molar-refractivity contribution in [3.63, 3.8) is 0 Å². The maximum Gasteiger partial charge on any atom is 0.253 e. The smallest absolute Gasteiger partial charge is 0.253 e. The molecule has 0 N–H and O–H groups in total. The lowest BCUT2D eigenvalue weighted by molar-refractivity contribution is 0.0773. The molecule has 0 aromatic heterocycles. The molecule has 0 spiro atoms. The lowest BCUT2D eigenvalue weighted by Gasteiger charge is -2.17. The van der Waals surface area contributed by atoms with Gasteiger partial charge in [0.1, 0.15) is 18.2 Å². The number of halogens is 2. The first-order valence-electron chi connectivity index (χ1n) is 6.45. The average molecular weight is 399 g/mol. The molecule has 0 aliphatic rings. The molecule has 2 rings (SSSR count). The molecule has 0 atom stereocenters. The zero-order valence-corrected chi connectivity index (χ0v) is 13.7. The van der Waals surface area contributed by atoms with E-state index in [4.69, 9.17) is 4.74 Å². The number of benzene rings is 2. The Balaban J connectivity index is 1.85. The monoisotopic (exact) mass is 399 g/mol. The first-order valence-corrected chi connectivity index (χ1v) is 7.53. The number of likely N-dealkylation sites (N-methyl/N-ethyl adjacent to an activating group) is 1. The van der Waals surface area contributed by atoms with Gasteiger partial charge in [-0.15, -0.1) is 0 Å². The van der Waals surface area contributed by atoms with Crippen LogP contribution in [0.5, 0.6) is 5.75 Å². The Hall–Kier alpha value is -1.63. The van der Waals surface area contributed by atoms with Crippen LogP contribution >= 0.6 is 22.6 Å². The first-order chi connectivity index (χ1) is 10.1. The van der Waals surface area contributed by atoms with E-state index in [1.807, 2.05) is 12.1 Å². The number of nitrogens with zero attached hydrogens (tertiary/aromatic N) is 1. The molecule has 0 unspecified atom stereocenters. The molecular weight excluding hydrogens is 384 g/mol. The van der Waals surface area contributed by atoms with E-state index in [1.165, 1.54) is 12.1 Å². The minimum atomic E-state index is -0.337. The van der Waals surface area contributed by atoms with Gasteiger partial charge in [0, 0.05) is 22.2 Å². The predicted molar refractivity (Wildman–Crippen MR) is 88.0 cm³/mol. The zero-order chi connectivity index (χ0) is 15.2. The van der Waals surface area contributed by atoms with Crippen molar-refractivity contribution in [2.75, 3.05) is 20.2 Å². The van der Waals surface area contributed by atoms with Crippen LogP contribution in [0.2, 0.25) is 0 Å². The summed E-state index contributed by atoms with van der Waals surface area (Å²) in [5, 5.41) is 0. The van der Waals surface area contributed by atoms with E-state index < -0.39 is 0 Å². The third kappa shape index (κ3) is 4.70. The number of carbonyl (C=O) groups excluding carboxylic acids is 1. The van der Waals surface area contributed by atoms with Gasteiger partial charge in [0.15, 0.2) is 0 Å². The van der Waals surface area contributed by atoms with Gasteiger partial charge in [0.2, 0.25) is 0 Å². The number of rotatable bonds is 5. The number of ether oxygens (including phenoxy) is 1. The third-order valence-electron chi connectivity index (χ3n) is 2.93. The van der Waals surface area contributed by atoms with E-state index in [0.717, 1.165) is 3.57 Å². The molecule has 3 nitrogen and oxygen atoms in total. The van der Waals surface area contributed by atoms with Crippen molar-refractivity contribution in [3.05, 3.63) is 63.5 Å². The van der Waals surface area contributed by atoms with Crippen molar-refractivity contribution in [1.82, 2.24) is 4.90 Å². The molecule has 110 valence electrons. The van der Waals surface area contributed by atoms with Gasteiger partial charge in [-0.3, -0.25) is 4.79 Å². The first kappa shape index (κ1) is 15.8. The normalized spacial score (nSPS) is 10.2. The summed E-state index contributed by atoms with van der Waals surface area (Å²) in [6.45, 7) is 0.747. The van der Waals surface area contributed by atoms with Crippen molar-refractivity contribution in [2.45, 2.75) is 0 Å². The summed E-state index contributed by atoms with van der Waals surface area (Å²) >= 11 is 2.19. The number of hydrogen-bond donors (Lipinski definition) is 0. The lowest BCUT2D eigenvalue weighted by Crippen LogP contribution is -2.30. The van der Waals surface area contributed by atoms with Gasteiger partial charge in [0.05, 0.1) is 6.54 Å². The summed E-state index contributed by atoms with van der Waals surface area (Å²) in [5.41, 5.74) is 0.642. The van der Waals surface area contributed by atoms with E-state index >= 15 is 0 Å². The Morgan fingerprint density at radius 3 is 2.62 bits per heavy atom. The highest BCUT2D eigenvalue weighted by atomic mass is 127. The van der Waals surface area contributed by atoms with Crippen LogP contribution in [0.1, 0.15) is 10.4 Å². The van der Waals surface area contributed by atoms with Crippen LogP contribution in [0, 0.1) is 9.39 Å². The Bertz CT molecular complexity index is 616. The number of amides is 1. The van der Waals surface area contributed by atoms with E-state index in [-0.39, 0.29) is 11.7 Å². The molecule has 2 aromatic carbocycles. The fraction of sp³-hybridized carbons (Fsp3) is 0.188. The maximum atomic E-state index is 13.0. The molecule has 2 aromatic rings. The minimum absolute atomic E-state index is 0.0609. The zero-order valence-electron chi connectivity index (χ0n) is 11.6. The van der Waals surface area contributed by atoms with E-state index in [0.29, 0.717) is 24.5 Å². The fourth-order valence-corrected chi connectivity index (χ4v) is 2.13. The topological polar surface area (TPSA) is 29.5 Å². The maximum absolute atomic E-state index is 13.0. The van der Waals surface area contributed by atoms with E-state index in [2.05, 4.69) is 22.6 Å². The van der Waals surface area contributed by atoms with Crippen molar-refractivity contribution in [3.8, 4) is 5.75 Å². The largest absolute Gasteiger partial charge is 0.492 e. The highest BCUT2D eigenvalue weighted by Gasteiger charge is 2.11. The highest BCUT2D eigenvalue weighted by molar-refractivity contribution is 14.1. The SMILES string of the molecule is CN(CCOc1cccc(F)c1)C(=O)c1ccc(I)cc1. The summed E-state index contributed by atoms with van der Waals surface area (Å²) < 4.78 is 19.5. The van der Waals surface area contributed by atoms with Gasteiger partial charge < -0.3 is 9.64 Å². The summed E-state index contributed by atoms with van der Waals surface area (Å²) in [4.78, 5) is 13.7. The van der Waals surface area contributed by atoms with Crippen molar-refractivity contribution >= 4 is 28.5 Å². The molecular formula is C16H15FINO2. The molecule has 0 fully saturated rings. The number of hydrogen-bond acceptors (Lipinski definition) is 2. The lowest BCUT2D eigenvalue weighted by atomic mass is 10.2. The third-order valence-corrected chi connectivity index (χ3v) is 3.65. The highest BCUT2D eigenvalue weighted by Crippen LogP contribution is 2.12. The standard InChI is InChI=1S/C16H15FINO2/c1-19(16(20)12-5-7-14(18)8-6-12)9-10-21-15-4-2-3-13(17)11-15/h2-8,11H,9-10H2,1H3. The second kappa shape index (κ2) is 7.40. The average Bonchev–Trinajstić information content (AvgIpc) is 2.47. The Morgan fingerprint density at radius 2 is 1.95 bits per heavy atom. The molecule has 0 bridgehead atoms. The Morgan fingerprint density at radius 1 is 1.24 bits per heavy atom. The van der Waals surface area contributed by atoms with Crippen molar-refractivity contribution < 1.29 is 13.9 Å². The predicted octanol–water partition coefficient (Wildman–Crippen LogP) is 3.58. The molecule has 0 aliphatic carbocycles. The summed E-state index contributed by atoms with van der Waals surface area (Å²) in [5.74, 6) is 0.0650. The van der Waals surface area contributed by atoms with Gasteiger partial charge >= 0.3 is 0 Å². The Labute approximate surface area is 136 Å². The van der Waals surface area contributed by atoms with Crippen LogP contribution in [0.25, 0.3) is 0 Å². The van der Waals surface area contributed by atoms with Crippen molar-refractivity contribution in [1.29, 1.82) is 0 Å². The van der Waals surface area contributed by atoms with Crippen LogP contribution in [0.15, 0.2) is 48.5 Å². The molecule has 0 saturated carbocycles. The summed E-state index contributed by atoms with van der Waals surface area (Å²) in [6, 6.07) is 13.3. The molecule has 0 aliphatic heterocycles. The van der Waals surface area contributed by atoms with Crippen LogP contribution < -0.4 is 4.74 Å². The van der Waals surface area contributed by atoms with Crippen molar-refractivity contribution in [2.24, 2.45) is 0 Å². The van der Waals surface area contributed by atoms with Crippen LogP contribution in [0.4, 0.5) is 4.39 Å². The molecule has 0 heterocycles. The van der Waals surface area contributed by atoms with Crippen LogP contribution in [0.3, 0.4) is 0 Å². The second-order valence-corrected chi connectivity index (χ2v) is 5.79. The quantitative estimate of drug-likeness (QED) is 0.720. The van der Waals surface area contributed by atoms with Crippen LogP contribution in [-0.2, 0) is 0 Å². The van der Waals surface area contributed by atoms with Crippen LogP contribution in [-0.4, -0.2) is 31.0 Å². The van der Waals surface area contributed by atoms with Gasteiger partial charge in [-0.25, -0.2) is 4.39 Å². The van der Waals surface area contributed by atoms with E-state index in [1.54, 1.807) is 36.2 Å². The van der Waals surface area contributed by atoms with Gasteiger partial charge in [-0.2, -0.15) is 0 Å². The van der Waals surface area contributed by atoms with E-state index in [9.17, 15) is 9.18 Å². The van der Waals surface area contributed by atoms with Gasteiger partial charge in [-0.05, 0) is 59.0 Å². The Kier molecular flexibility index (Phi) is 5.55. The second-order valence-electron chi connectivity index (χ2n) is 4.54. The summed E-state index contributed by atoms with van der Waals surface area (Å²) in [7, 11) is 1.72. The van der Waals surface area contributed by atoms with Gasteiger partial charge in [0.25, 0.3) is 5.91 Å². The fourth-order valence-electron chi connectivity index (χ4n) is 1.77. The summed E-state index contributed by atoms with van der Waals surface area (Å²) in [6.07, 6.45) is 0. The van der Waals surface area contributed by atoms with Gasteiger partial charge in [-0.1, -0.05) is 6.07 Å². The minimum Gasteiger partial charge on any atom is -0.492 e. The molecule has 5 heteroatoms.